The van der Waals surface area contributed by atoms with Crippen LogP contribution in [-0.2, 0) is 13.0 Å². The van der Waals surface area contributed by atoms with Crippen molar-refractivity contribution in [3.8, 4) is 0 Å². The maximum Gasteiger partial charge on any atom is 0.319 e. The van der Waals surface area contributed by atoms with Crippen LogP contribution in [-0.4, -0.2) is 22.1 Å². The number of hydrogen-bond acceptors (Lipinski definition) is 2. The highest BCUT2D eigenvalue weighted by molar-refractivity contribution is 5.91. The van der Waals surface area contributed by atoms with Gasteiger partial charge in [-0.05, 0) is 55.5 Å². The third kappa shape index (κ3) is 3.87. The number of benzene rings is 1. The molecule has 0 fully saturated rings. The molecular formula is C21H26N4O. The molecule has 0 aliphatic heterocycles. The number of fused-ring (bicyclic) bond motifs is 1. The van der Waals surface area contributed by atoms with Crippen LogP contribution in [0, 0.1) is 13.8 Å². The lowest BCUT2D eigenvalue weighted by Crippen LogP contribution is -2.31. The van der Waals surface area contributed by atoms with Crippen molar-refractivity contribution in [1.29, 1.82) is 0 Å². The normalized spacial score (nSPS) is 10.9. The Hall–Kier alpha value is -2.82. The number of nitrogens with one attached hydrogen (secondary N) is 2. The van der Waals surface area contributed by atoms with E-state index in [1.54, 1.807) is 0 Å². The Morgan fingerprint density at radius 2 is 1.92 bits per heavy atom. The molecule has 136 valence electrons. The van der Waals surface area contributed by atoms with Crippen LogP contribution in [0.4, 0.5) is 10.5 Å². The molecule has 2 amide bonds. The van der Waals surface area contributed by atoms with Gasteiger partial charge in [0.2, 0.25) is 0 Å². The SMILES string of the molecule is CCCn1cc(CCNC(=O)Nc2c(C)cccc2C)c2cccnc21. The van der Waals surface area contributed by atoms with Gasteiger partial charge >= 0.3 is 6.03 Å². The molecule has 0 radical (unpaired) electrons. The average molecular weight is 350 g/mol. The number of para-hydroxylation sites is 1. The van der Waals surface area contributed by atoms with Crippen LogP contribution in [0.1, 0.15) is 30.0 Å². The minimum atomic E-state index is -0.169. The van der Waals surface area contributed by atoms with Gasteiger partial charge in [0, 0.05) is 36.6 Å². The van der Waals surface area contributed by atoms with Gasteiger partial charge < -0.3 is 15.2 Å². The maximum atomic E-state index is 12.2. The van der Waals surface area contributed by atoms with E-state index in [9.17, 15) is 4.79 Å². The number of carbonyl (C=O) groups excluding carboxylic acids is 1. The summed E-state index contributed by atoms with van der Waals surface area (Å²) in [6.07, 6.45) is 5.83. The molecule has 3 aromatic rings. The quantitative estimate of drug-likeness (QED) is 0.691. The monoisotopic (exact) mass is 350 g/mol. The number of amides is 2. The van der Waals surface area contributed by atoms with E-state index in [0.29, 0.717) is 6.54 Å². The van der Waals surface area contributed by atoms with Crippen LogP contribution >= 0.6 is 0 Å². The van der Waals surface area contributed by atoms with E-state index < -0.39 is 0 Å². The summed E-state index contributed by atoms with van der Waals surface area (Å²) >= 11 is 0. The predicted molar refractivity (Wildman–Crippen MR) is 107 cm³/mol. The van der Waals surface area contributed by atoms with Crippen molar-refractivity contribution in [2.45, 2.75) is 40.2 Å². The number of nitrogens with zero attached hydrogens (tertiary/aromatic N) is 2. The number of aryl methyl sites for hydroxylation is 3. The number of pyridine rings is 1. The first-order valence-corrected chi connectivity index (χ1v) is 9.14. The highest BCUT2D eigenvalue weighted by atomic mass is 16.2. The third-order valence-electron chi connectivity index (χ3n) is 4.58. The largest absolute Gasteiger partial charge is 0.338 e. The molecule has 1 aromatic carbocycles. The summed E-state index contributed by atoms with van der Waals surface area (Å²) in [4.78, 5) is 16.7. The number of hydrogen-bond donors (Lipinski definition) is 2. The standard InChI is InChI=1S/C21H26N4O/c1-4-13-25-14-17(18-9-6-11-22-20(18)25)10-12-23-21(26)24-19-15(2)7-5-8-16(19)3/h5-9,11,14H,4,10,12-13H2,1-3H3,(H2,23,24,26). The molecule has 2 heterocycles. The second kappa shape index (κ2) is 8.04. The molecule has 26 heavy (non-hydrogen) atoms. The van der Waals surface area contributed by atoms with E-state index in [2.05, 4.69) is 39.4 Å². The Morgan fingerprint density at radius 3 is 2.65 bits per heavy atom. The second-order valence-corrected chi connectivity index (χ2v) is 6.62. The minimum Gasteiger partial charge on any atom is -0.338 e. The number of anilines is 1. The van der Waals surface area contributed by atoms with Crippen LogP contribution in [0.15, 0.2) is 42.7 Å². The fraction of sp³-hybridized carbons (Fsp3) is 0.333. The van der Waals surface area contributed by atoms with Crippen molar-refractivity contribution in [1.82, 2.24) is 14.9 Å². The maximum absolute atomic E-state index is 12.2. The van der Waals surface area contributed by atoms with Gasteiger partial charge in [-0.15, -0.1) is 0 Å². The van der Waals surface area contributed by atoms with Crippen LogP contribution in [0.25, 0.3) is 11.0 Å². The number of aromatic nitrogens is 2. The molecule has 0 saturated carbocycles. The van der Waals surface area contributed by atoms with Crippen molar-refractivity contribution in [2.75, 3.05) is 11.9 Å². The molecule has 2 aromatic heterocycles. The summed E-state index contributed by atoms with van der Waals surface area (Å²) in [5.41, 5.74) is 5.25. The van der Waals surface area contributed by atoms with Gasteiger partial charge in [0.1, 0.15) is 5.65 Å². The summed E-state index contributed by atoms with van der Waals surface area (Å²) in [6, 6.07) is 9.88. The molecule has 0 unspecified atom stereocenters. The molecule has 0 aliphatic carbocycles. The van der Waals surface area contributed by atoms with Gasteiger partial charge in [-0.3, -0.25) is 0 Å². The molecule has 2 N–H and O–H groups in total. The molecule has 3 rings (SSSR count). The zero-order valence-corrected chi connectivity index (χ0v) is 15.7. The van der Waals surface area contributed by atoms with Crippen molar-refractivity contribution < 1.29 is 4.79 Å². The van der Waals surface area contributed by atoms with E-state index >= 15 is 0 Å². The van der Waals surface area contributed by atoms with Gasteiger partial charge in [-0.25, -0.2) is 9.78 Å². The molecule has 0 aliphatic rings. The molecule has 0 atom stereocenters. The van der Waals surface area contributed by atoms with Crippen molar-refractivity contribution in [2.24, 2.45) is 0 Å². The average Bonchev–Trinajstić information content (AvgIpc) is 2.97. The lowest BCUT2D eigenvalue weighted by Gasteiger charge is -2.12. The third-order valence-corrected chi connectivity index (χ3v) is 4.58. The van der Waals surface area contributed by atoms with Crippen LogP contribution in [0.5, 0.6) is 0 Å². The van der Waals surface area contributed by atoms with E-state index in [-0.39, 0.29) is 6.03 Å². The smallest absolute Gasteiger partial charge is 0.319 e. The summed E-state index contributed by atoms with van der Waals surface area (Å²) in [6.45, 7) is 7.69. The number of rotatable bonds is 6. The summed E-state index contributed by atoms with van der Waals surface area (Å²) in [7, 11) is 0. The van der Waals surface area contributed by atoms with Crippen LogP contribution < -0.4 is 10.6 Å². The molecule has 5 nitrogen and oxygen atoms in total. The Morgan fingerprint density at radius 1 is 1.15 bits per heavy atom. The fourth-order valence-corrected chi connectivity index (χ4v) is 3.29. The zero-order chi connectivity index (χ0) is 18.5. The lowest BCUT2D eigenvalue weighted by molar-refractivity contribution is 0.252. The zero-order valence-electron chi connectivity index (χ0n) is 15.7. The first kappa shape index (κ1) is 18.0. The Balaban J connectivity index is 1.63. The molecule has 0 saturated heterocycles. The summed E-state index contributed by atoms with van der Waals surface area (Å²) in [5.74, 6) is 0. The van der Waals surface area contributed by atoms with Crippen molar-refractivity contribution in [3.05, 3.63) is 59.4 Å². The highest BCUT2D eigenvalue weighted by Gasteiger charge is 2.10. The van der Waals surface area contributed by atoms with Gasteiger partial charge in [0.15, 0.2) is 0 Å². The molecular weight excluding hydrogens is 324 g/mol. The van der Waals surface area contributed by atoms with E-state index in [4.69, 9.17) is 0 Å². The Labute approximate surface area is 154 Å². The van der Waals surface area contributed by atoms with Gasteiger partial charge in [0.25, 0.3) is 0 Å². The minimum absolute atomic E-state index is 0.169. The molecule has 5 heteroatoms. The highest BCUT2D eigenvalue weighted by Crippen LogP contribution is 2.21. The van der Waals surface area contributed by atoms with E-state index in [0.717, 1.165) is 47.2 Å². The summed E-state index contributed by atoms with van der Waals surface area (Å²) in [5, 5.41) is 7.08. The lowest BCUT2D eigenvalue weighted by atomic mass is 10.1. The first-order chi connectivity index (χ1) is 12.6. The fourth-order valence-electron chi connectivity index (χ4n) is 3.29. The Bertz CT molecular complexity index is 893. The van der Waals surface area contributed by atoms with Crippen LogP contribution in [0.3, 0.4) is 0 Å². The van der Waals surface area contributed by atoms with Gasteiger partial charge in [0.05, 0.1) is 0 Å². The molecule has 0 bridgehead atoms. The predicted octanol–water partition coefficient (Wildman–Crippen LogP) is 4.43. The summed E-state index contributed by atoms with van der Waals surface area (Å²) < 4.78 is 2.20. The Kier molecular flexibility index (Phi) is 5.56. The van der Waals surface area contributed by atoms with Crippen molar-refractivity contribution in [3.63, 3.8) is 0 Å². The van der Waals surface area contributed by atoms with Gasteiger partial charge in [-0.2, -0.15) is 0 Å². The van der Waals surface area contributed by atoms with Crippen molar-refractivity contribution >= 4 is 22.8 Å². The number of carbonyl (C=O) groups is 1. The van der Waals surface area contributed by atoms with E-state index in [1.807, 2.05) is 44.3 Å². The first-order valence-electron chi connectivity index (χ1n) is 9.14. The number of urea groups is 1. The van der Waals surface area contributed by atoms with Gasteiger partial charge in [-0.1, -0.05) is 25.1 Å². The van der Waals surface area contributed by atoms with E-state index in [1.165, 1.54) is 5.56 Å². The topological polar surface area (TPSA) is 59.0 Å². The molecule has 0 spiro atoms. The van der Waals surface area contributed by atoms with Crippen LogP contribution in [0.2, 0.25) is 0 Å². The second-order valence-electron chi connectivity index (χ2n) is 6.62.